The number of nitrogens with zero attached hydrogens (tertiary/aromatic N) is 3. The molecule has 1 saturated heterocycles. The van der Waals surface area contributed by atoms with Crippen LogP contribution in [-0.2, 0) is 16.0 Å². The van der Waals surface area contributed by atoms with Gasteiger partial charge in [-0.3, -0.25) is 9.59 Å². The lowest BCUT2D eigenvalue weighted by atomic mass is 9.92. The van der Waals surface area contributed by atoms with Gasteiger partial charge in [-0.05, 0) is 69.2 Å². The van der Waals surface area contributed by atoms with Crippen molar-refractivity contribution in [1.29, 1.82) is 0 Å². The minimum Gasteiger partial charge on any atom is -0.349 e. The smallest absolute Gasteiger partial charge is 0.222 e. The summed E-state index contributed by atoms with van der Waals surface area (Å²) in [7, 11) is 0. The highest BCUT2D eigenvalue weighted by Crippen LogP contribution is 2.31. The molecule has 1 aliphatic carbocycles. The fourth-order valence-electron chi connectivity index (χ4n) is 4.42. The van der Waals surface area contributed by atoms with Crippen molar-refractivity contribution in [2.75, 3.05) is 13.1 Å². The van der Waals surface area contributed by atoms with Crippen molar-refractivity contribution in [2.24, 2.45) is 0 Å². The normalized spacial score (nSPS) is 18.8. The standard InChI is InChI=1S/C23H30N4O2/c1-16-10-11-18(14-17(16)2)27-21-7-3-6-20(19(21)15-24-27)25-22(28)8-4-12-26-13-5-9-23(26)29/h10-11,14-15,20H,3-9,12-13H2,1-2H3,(H,25,28)/t20-/m0/s1. The average Bonchev–Trinajstić information content (AvgIpc) is 3.31. The molecule has 1 aromatic carbocycles. The second-order valence-electron chi connectivity index (χ2n) is 8.33. The number of carbonyl (C=O) groups excluding carboxylic acids is 2. The van der Waals surface area contributed by atoms with Gasteiger partial charge in [0.1, 0.15) is 0 Å². The van der Waals surface area contributed by atoms with Crippen LogP contribution < -0.4 is 5.32 Å². The van der Waals surface area contributed by atoms with E-state index >= 15 is 0 Å². The minimum atomic E-state index is 0.0277. The Kier molecular flexibility index (Phi) is 5.69. The van der Waals surface area contributed by atoms with Crippen molar-refractivity contribution in [2.45, 2.75) is 64.8 Å². The van der Waals surface area contributed by atoms with Crippen molar-refractivity contribution in [3.8, 4) is 5.69 Å². The zero-order chi connectivity index (χ0) is 20.4. The van der Waals surface area contributed by atoms with Gasteiger partial charge in [-0.2, -0.15) is 5.10 Å². The maximum absolute atomic E-state index is 12.5. The maximum atomic E-state index is 12.5. The number of aryl methyl sites for hydroxylation is 2. The SMILES string of the molecule is Cc1ccc(-n2ncc3c2CCC[C@@H]3NC(=O)CCCN2CCCC2=O)cc1C. The number of hydrogen-bond acceptors (Lipinski definition) is 3. The van der Waals surface area contributed by atoms with E-state index in [9.17, 15) is 9.59 Å². The van der Waals surface area contributed by atoms with Gasteiger partial charge in [-0.1, -0.05) is 6.07 Å². The van der Waals surface area contributed by atoms with E-state index in [1.807, 2.05) is 15.8 Å². The molecule has 1 aliphatic heterocycles. The van der Waals surface area contributed by atoms with Gasteiger partial charge in [-0.25, -0.2) is 4.68 Å². The summed E-state index contributed by atoms with van der Waals surface area (Å²) in [5, 5.41) is 7.84. The molecule has 29 heavy (non-hydrogen) atoms. The summed E-state index contributed by atoms with van der Waals surface area (Å²) < 4.78 is 2.03. The molecule has 6 nitrogen and oxygen atoms in total. The summed E-state index contributed by atoms with van der Waals surface area (Å²) in [5.74, 6) is 0.287. The van der Waals surface area contributed by atoms with Crippen LogP contribution >= 0.6 is 0 Å². The van der Waals surface area contributed by atoms with Crippen LogP contribution in [0.1, 0.15) is 67.0 Å². The first-order chi connectivity index (χ1) is 14.0. The first-order valence-corrected chi connectivity index (χ1v) is 10.7. The van der Waals surface area contributed by atoms with Crippen LogP contribution in [0.15, 0.2) is 24.4 Å². The van der Waals surface area contributed by atoms with Crippen molar-refractivity contribution in [1.82, 2.24) is 20.0 Å². The van der Waals surface area contributed by atoms with Gasteiger partial charge in [-0.15, -0.1) is 0 Å². The third kappa shape index (κ3) is 4.21. The number of benzene rings is 1. The van der Waals surface area contributed by atoms with Crippen molar-refractivity contribution in [3.63, 3.8) is 0 Å². The van der Waals surface area contributed by atoms with E-state index < -0.39 is 0 Å². The fourth-order valence-corrected chi connectivity index (χ4v) is 4.42. The number of fused-ring (bicyclic) bond motifs is 1. The van der Waals surface area contributed by atoms with Crippen LogP contribution in [0, 0.1) is 13.8 Å². The highest BCUT2D eigenvalue weighted by Gasteiger charge is 2.26. The molecule has 0 saturated carbocycles. The first-order valence-electron chi connectivity index (χ1n) is 10.7. The predicted molar refractivity (Wildman–Crippen MR) is 112 cm³/mol. The summed E-state index contributed by atoms with van der Waals surface area (Å²) >= 11 is 0. The van der Waals surface area contributed by atoms with E-state index in [0.29, 0.717) is 19.4 Å². The predicted octanol–water partition coefficient (Wildman–Crippen LogP) is 3.39. The summed E-state index contributed by atoms with van der Waals surface area (Å²) in [6.07, 6.45) is 7.66. The number of amides is 2. The lowest BCUT2D eigenvalue weighted by Crippen LogP contribution is -2.32. The van der Waals surface area contributed by atoms with E-state index in [2.05, 4.69) is 42.5 Å². The zero-order valence-electron chi connectivity index (χ0n) is 17.4. The third-order valence-electron chi connectivity index (χ3n) is 6.26. The first kappa shape index (κ1) is 19.7. The van der Waals surface area contributed by atoms with Crippen LogP contribution in [-0.4, -0.2) is 39.6 Å². The van der Waals surface area contributed by atoms with Crippen LogP contribution in [0.3, 0.4) is 0 Å². The molecule has 2 heterocycles. The Balaban J connectivity index is 1.39. The van der Waals surface area contributed by atoms with Crippen LogP contribution in [0.4, 0.5) is 0 Å². The van der Waals surface area contributed by atoms with Crippen molar-refractivity contribution in [3.05, 3.63) is 46.8 Å². The Labute approximate surface area is 172 Å². The van der Waals surface area contributed by atoms with Crippen molar-refractivity contribution < 1.29 is 9.59 Å². The molecule has 0 unspecified atom stereocenters. The van der Waals surface area contributed by atoms with Gasteiger partial charge in [0, 0.05) is 37.2 Å². The lowest BCUT2D eigenvalue weighted by Gasteiger charge is -2.24. The number of rotatable bonds is 6. The molecular weight excluding hydrogens is 364 g/mol. The monoisotopic (exact) mass is 394 g/mol. The second kappa shape index (κ2) is 8.39. The maximum Gasteiger partial charge on any atom is 0.222 e. The van der Waals surface area contributed by atoms with Gasteiger partial charge in [0.15, 0.2) is 0 Å². The Hall–Kier alpha value is -2.63. The Morgan fingerprint density at radius 1 is 1.21 bits per heavy atom. The summed E-state index contributed by atoms with van der Waals surface area (Å²) in [6.45, 7) is 5.76. The fraction of sp³-hybridized carbons (Fsp3) is 0.522. The number of likely N-dealkylation sites (tertiary alicyclic amines) is 1. The molecule has 6 heteroatoms. The van der Waals surface area contributed by atoms with E-state index in [4.69, 9.17) is 0 Å². The summed E-state index contributed by atoms with van der Waals surface area (Å²) in [5.41, 5.74) is 5.95. The zero-order valence-corrected chi connectivity index (χ0v) is 17.4. The van der Waals surface area contributed by atoms with Gasteiger partial charge in [0.2, 0.25) is 11.8 Å². The molecule has 0 radical (unpaired) electrons. The van der Waals surface area contributed by atoms with Gasteiger partial charge >= 0.3 is 0 Å². The lowest BCUT2D eigenvalue weighted by molar-refractivity contribution is -0.128. The second-order valence-corrected chi connectivity index (χ2v) is 8.33. The molecule has 1 aromatic heterocycles. The molecule has 1 fully saturated rings. The Morgan fingerprint density at radius 2 is 2.07 bits per heavy atom. The van der Waals surface area contributed by atoms with E-state index in [0.717, 1.165) is 49.9 Å². The Morgan fingerprint density at radius 3 is 2.83 bits per heavy atom. The number of carbonyl (C=O) groups is 2. The average molecular weight is 395 g/mol. The highest BCUT2D eigenvalue weighted by molar-refractivity contribution is 5.78. The quantitative estimate of drug-likeness (QED) is 0.817. The van der Waals surface area contributed by atoms with Gasteiger partial charge in [0.05, 0.1) is 17.9 Å². The van der Waals surface area contributed by atoms with E-state index in [1.165, 1.54) is 16.8 Å². The minimum absolute atomic E-state index is 0.0277. The molecule has 0 bridgehead atoms. The number of nitrogens with one attached hydrogen (secondary N) is 1. The molecule has 1 N–H and O–H groups in total. The third-order valence-corrected chi connectivity index (χ3v) is 6.26. The topological polar surface area (TPSA) is 67.2 Å². The molecule has 1 atom stereocenters. The molecule has 0 spiro atoms. The van der Waals surface area contributed by atoms with Crippen molar-refractivity contribution >= 4 is 11.8 Å². The van der Waals surface area contributed by atoms with Gasteiger partial charge < -0.3 is 10.2 Å². The van der Waals surface area contributed by atoms with Crippen LogP contribution in [0.25, 0.3) is 5.69 Å². The summed E-state index contributed by atoms with van der Waals surface area (Å²) in [4.78, 5) is 26.0. The number of hydrogen-bond donors (Lipinski definition) is 1. The van der Waals surface area contributed by atoms with E-state index in [1.54, 1.807) is 0 Å². The molecule has 154 valence electrons. The number of aromatic nitrogens is 2. The van der Waals surface area contributed by atoms with Crippen LogP contribution in [0.5, 0.6) is 0 Å². The molecule has 2 amide bonds. The molecule has 4 rings (SSSR count). The van der Waals surface area contributed by atoms with E-state index in [-0.39, 0.29) is 17.9 Å². The van der Waals surface area contributed by atoms with Crippen LogP contribution in [0.2, 0.25) is 0 Å². The Bertz CT molecular complexity index is 918. The molecule has 2 aromatic rings. The largest absolute Gasteiger partial charge is 0.349 e. The highest BCUT2D eigenvalue weighted by atomic mass is 16.2. The molecular formula is C23H30N4O2. The van der Waals surface area contributed by atoms with Gasteiger partial charge in [0.25, 0.3) is 0 Å². The summed E-state index contributed by atoms with van der Waals surface area (Å²) in [6, 6.07) is 6.44. The molecule has 2 aliphatic rings.